The molecule has 0 unspecified atom stereocenters. The average molecular weight is 609 g/mol. The number of hydrogen-bond acceptors (Lipinski definition) is 7. The number of thiophene rings is 1. The first-order valence-corrected chi connectivity index (χ1v) is 17.5. The summed E-state index contributed by atoms with van der Waals surface area (Å²) in [5.74, 6) is -0.249. The van der Waals surface area contributed by atoms with Crippen molar-refractivity contribution in [1.82, 2.24) is 14.2 Å². The maximum absolute atomic E-state index is 13.5. The first-order valence-electron chi connectivity index (χ1n) is 14.5. The number of benzene rings is 2. The van der Waals surface area contributed by atoms with Gasteiger partial charge in [0.1, 0.15) is 10.0 Å². The molecule has 4 aromatic rings. The Kier molecular flexibility index (Phi) is 8.29. The van der Waals surface area contributed by atoms with Gasteiger partial charge in [0.25, 0.3) is 5.91 Å². The molecule has 0 bridgehead atoms. The molecule has 3 heterocycles. The molecule has 7 nitrogen and oxygen atoms in total. The van der Waals surface area contributed by atoms with E-state index in [0.29, 0.717) is 5.56 Å². The minimum Gasteiger partial charge on any atom is -0.313 e. The van der Waals surface area contributed by atoms with Crippen LogP contribution < -0.4 is 5.32 Å². The van der Waals surface area contributed by atoms with E-state index < -0.39 is 10.0 Å². The number of fused-ring (bicyclic) bond motifs is 2. The van der Waals surface area contributed by atoms with E-state index in [4.69, 9.17) is 4.98 Å². The van der Waals surface area contributed by atoms with E-state index in [-0.39, 0.29) is 16.8 Å². The first-order chi connectivity index (χ1) is 19.8. The molecule has 2 aliphatic rings. The third kappa shape index (κ3) is 5.72. The highest BCUT2D eigenvalue weighted by atomic mass is 32.2. The largest absolute Gasteiger partial charge is 0.313 e. The summed E-state index contributed by atoms with van der Waals surface area (Å²) in [6.45, 7) is 5.13. The zero-order valence-corrected chi connectivity index (χ0v) is 26.0. The summed E-state index contributed by atoms with van der Waals surface area (Å²) in [5, 5.41) is 4.91. The molecule has 2 aromatic heterocycles. The SMILES string of the molecule is CCCN1CCc2c(sc(NC(=O)c3ccc(S(=O)(=O)N(C)C4CCCCC4)cc3)c2-c2nc3ccccc3s2)C1. The van der Waals surface area contributed by atoms with Crippen molar-refractivity contribution in [2.24, 2.45) is 0 Å². The molecule has 0 saturated heterocycles. The van der Waals surface area contributed by atoms with Crippen molar-refractivity contribution >= 4 is 53.8 Å². The summed E-state index contributed by atoms with van der Waals surface area (Å²) in [6.07, 6.45) is 7.11. The van der Waals surface area contributed by atoms with E-state index in [1.165, 1.54) is 21.2 Å². The molecule has 2 aromatic carbocycles. The van der Waals surface area contributed by atoms with Crippen LogP contribution in [0.25, 0.3) is 20.8 Å². The van der Waals surface area contributed by atoms with Crippen molar-refractivity contribution in [3.8, 4) is 10.6 Å². The molecule has 10 heteroatoms. The fourth-order valence-electron chi connectivity index (χ4n) is 6.02. The van der Waals surface area contributed by atoms with Crippen LogP contribution in [0.5, 0.6) is 0 Å². The Morgan fingerprint density at radius 2 is 1.83 bits per heavy atom. The fraction of sp³-hybridized carbons (Fsp3) is 0.419. The molecule has 1 amide bonds. The third-order valence-electron chi connectivity index (χ3n) is 8.29. The molecule has 1 saturated carbocycles. The van der Waals surface area contributed by atoms with Crippen LogP contribution in [0.1, 0.15) is 66.2 Å². The normalized spacial score (nSPS) is 16.8. The number of carbonyl (C=O) groups excluding carboxylic acids is 1. The minimum atomic E-state index is -3.62. The van der Waals surface area contributed by atoms with Crippen molar-refractivity contribution in [1.29, 1.82) is 0 Å². The van der Waals surface area contributed by atoms with Crippen LogP contribution in [0.15, 0.2) is 53.4 Å². The monoisotopic (exact) mass is 608 g/mol. The molecular weight excluding hydrogens is 573 g/mol. The molecule has 0 radical (unpaired) electrons. The minimum absolute atomic E-state index is 0.0377. The second-order valence-electron chi connectivity index (χ2n) is 11.0. The summed E-state index contributed by atoms with van der Waals surface area (Å²) in [5.41, 5.74) is 3.70. The molecule has 41 heavy (non-hydrogen) atoms. The predicted octanol–water partition coefficient (Wildman–Crippen LogP) is 7.00. The maximum atomic E-state index is 13.5. The van der Waals surface area contributed by atoms with Gasteiger partial charge >= 0.3 is 0 Å². The number of thiazole rings is 1. The Morgan fingerprint density at radius 1 is 1.07 bits per heavy atom. The van der Waals surface area contributed by atoms with Crippen molar-refractivity contribution < 1.29 is 13.2 Å². The number of carbonyl (C=O) groups is 1. The van der Waals surface area contributed by atoms with Gasteiger partial charge < -0.3 is 5.32 Å². The average Bonchev–Trinajstić information content (AvgIpc) is 3.57. The molecule has 1 aliphatic heterocycles. The van der Waals surface area contributed by atoms with Gasteiger partial charge in [-0.1, -0.05) is 38.3 Å². The van der Waals surface area contributed by atoms with Gasteiger partial charge in [-0.15, -0.1) is 22.7 Å². The van der Waals surface area contributed by atoms with Gasteiger partial charge in [0.2, 0.25) is 10.0 Å². The van der Waals surface area contributed by atoms with Gasteiger partial charge in [0.05, 0.1) is 15.1 Å². The summed E-state index contributed by atoms with van der Waals surface area (Å²) in [4.78, 5) is 22.4. The van der Waals surface area contributed by atoms with Crippen molar-refractivity contribution in [3.63, 3.8) is 0 Å². The van der Waals surface area contributed by atoms with Gasteiger partial charge in [-0.2, -0.15) is 4.31 Å². The van der Waals surface area contributed by atoms with Crippen LogP contribution >= 0.6 is 22.7 Å². The number of nitrogens with zero attached hydrogens (tertiary/aromatic N) is 3. The van der Waals surface area contributed by atoms with E-state index >= 15 is 0 Å². The molecule has 1 N–H and O–H groups in total. The number of para-hydroxylation sites is 1. The molecule has 1 fully saturated rings. The maximum Gasteiger partial charge on any atom is 0.256 e. The van der Waals surface area contributed by atoms with Crippen LogP contribution in [-0.2, 0) is 23.0 Å². The number of sulfonamides is 1. The quantitative estimate of drug-likeness (QED) is 0.233. The van der Waals surface area contributed by atoms with Crippen LogP contribution in [0, 0.1) is 0 Å². The standard InChI is InChI=1S/C31H36N4O3S3/c1-3-18-35-19-17-24-27(20-35)40-31(28(24)30-32-25-11-7-8-12-26(25)39-30)33-29(36)21-13-15-23(16-14-21)41(37,38)34(2)22-9-5-4-6-10-22/h7-8,11-16,22H,3-6,9-10,17-20H2,1-2H3,(H,33,36). The lowest BCUT2D eigenvalue weighted by atomic mass is 9.96. The van der Waals surface area contributed by atoms with E-state index in [1.807, 2.05) is 18.2 Å². The Morgan fingerprint density at radius 3 is 2.56 bits per heavy atom. The highest BCUT2D eigenvalue weighted by Crippen LogP contribution is 2.46. The summed E-state index contributed by atoms with van der Waals surface area (Å²) < 4.78 is 29.2. The van der Waals surface area contributed by atoms with Crippen LogP contribution in [0.2, 0.25) is 0 Å². The molecule has 6 rings (SSSR count). The molecule has 1 aliphatic carbocycles. The molecular formula is C31H36N4O3S3. The number of rotatable bonds is 8. The van der Waals surface area contributed by atoms with Crippen LogP contribution in [0.3, 0.4) is 0 Å². The highest BCUT2D eigenvalue weighted by Gasteiger charge is 2.30. The number of anilines is 1. The van der Waals surface area contributed by atoms with E-state index in [2.05, 4.69) is 23.2 Å². The lowest BCUT2D eigenvalue weighted by molar-refractivity contribution is 0.102. The number of hydrogen-bond donors (Lipinski definition) is 1. The van der Waals surface area contributed by atoms with Gasteiger partial charge in [-0.25, -0.2) is 13.4 Å². The Bertz CT molecular complexity index is 1620. The van der Waals surface area contributed by atoms with Gasteiger partial charge in [-0.05, 0) is 74.2 Å². The summed E-state index contributed by atoms with van der Waals surface area (Å²) in [7, 11) is -1.94. The van der Waals surface area contributed by atoms with E-state index in [9.17, 15) is 13.2 Å². The number of amides is 1. The number of nitrogens with one attached hydrogen (secondary N) is 1. The predicted molar refractivity (Wildman–Crippen MR) is 168 cm³/mol. The fourth-order valence-corrected chi connectivity index (χ4v) is 9.83. The Labute approximate surface area is 250 Å². The first kappa shape index (κ1) is 28.5. The van der Waals surface area contributed by atoms with Gasteiger partial charge in [0.15, 0.2) is 0 Å². The van der Waals surface area contributed by atoms with Gasteiger partial charge in [0, 0.05) is 42.2 Å². The topological polar surface area (TPSA) is 82.6 Å². The zero-order chi connectivity index (χ0) is 28.6. The Balaban J connectivity index is 1.27. The highest BCUT2D eigenvalue weighted by molar-refractivity contribution is 7.89. The molecule has 216 valence electrons. The number of aromatic nitrogens is 1. The summed E-state index contributed by atoms with van der Waals surface area (Å²) >= 11 is 3.29. The Hall–Kier alpha value is -2.63. The van der Waals surface area contributed by atoms with Crippen molar-refractivity contribution in [2.45, 2.75) is 69.4 Å². The second-order valence-corrected chi connectivity index (χ2v) is 15.1. The second kappa shape index (κ2) is 11.9. The van der Waals surface area contributed by atoms with Gasteiger partial charge in [-0.3, -0.25) is 9.69 Å². The smallest absolute Gasteiger partial charge is 0.256 e. The van der Waals surface area contributed by atoms with Crippen LogP contribution in [-0.4, -0.2) is 54.7 Å². The van der Waals surface area contributed by atoms with Crippen molar-refractivity contribution in [2.75, 3.05) is 25.5 Å². The van der Waals surface area contributed by atoms with E-state index in [0.717, 1.165) is 83.9 Å². The molecule has 0 atom stereocenters. The summed E-state index contributed by atoms with van der Waals surface area (Å²) in [6, 6.07) is 14.5. The molecule has 0 spiro atoms. The van der Waals surface area contributed by atoms with Crippen molar-refractivity contribution in [3.05, 3.63) is 64.5 Å². The lowest BCUT2D eigenvalue weighted by Gasteiger charge is -2.30. The van der Waals surface area contributed by atoms with Crippen LogP contribution in [0.4, 0.5) is 5.00 Å². The van der Waals surface area contributed by atoms with E-state index in [1.54, 1.807) is 54.0 Å². The third-order valence-corrected chi connectivity index (χ3v) is 12.4. The lowest BCUT2D eigenvalue weighted by Crippen LogP contribution is -2.38. The zero-order valence-electron chi connectivity index (χ0n) is 23.6.